The molecule has 1 aliphatic heterocycles. The Kier molecular flexibility index (Phi) is 6.07. The number of halogens is 1. The van der Waals surface area contributed by atoms with E-state index in [9.17, 15) is 4.79 Å². The number of benzene rings is 1. The average molecular weight is 401 g/mol. The Morgan fingerprint density at radius 3 is 2.93 bits per heavy atom. The molecule has 0 aliphatic carbocycles. The molecule has 1 aliphatic rings. The second-order valence-corrected chi connectivity index (χ2v) is 8.20. The van der Waals surface area contributed by atoms with E-state index in [4.69, 9.17) is 21.3 Å². The summed E-state index contributed by atoms with van der Waals surface area (Å²) < 4.78 is 5.83. The normalized spacial score (nSPS) is 17.0. The molecule has 0 radical (unpaired) electrons. The molecule has 0 unspecified atom stereocenters. The fourth-order valence-corrected chi connectivity index (χ4v) is 3.66. The van der Waals surface area contributed by atoms with Crippen LogP contribution in [0.5, 0.6) is 0 Å². The molecular formula is C21H25ClN4O2. The first kappa shape index (κ1) is 20.4. The summed E-state index contributed by atoms with van der Waals surface area (Å²) in [4.78, 5) is 18.8. The van der Waals surface area contributed by atoms with Gasteiger partial charge in [-0.1, -0.05) is 23.7 Å². The summed E-state index contributed by atoms with van der Waals surface area (Å²) in [6, 6.07) is 9.35. The molecule has 2 aromatic rings. The molecule has 1 aromatic heterocycles. The fourth-order valence-electron chi connectivity index (χ4n) is 3.44. The van der Waals surface area contributed by atoms with Crippen LogP contribution in [0.1, 0.15) is 38.1 Å². The zero-order valence-electron chi connectivity index (χ0n) is 16.5. The lowest BCUT2D eigenvalue weighted by molar-refractivity contribution is -0.130. The van der Waals surface area contributed by atoms with Gasteiger partial charge in [-0.2, -0.15) is 5.26 Å². The largest absolute Gasteiger partial charge is 0.441 e. The highest BCUT2D eigenvalue weighted by molar-refractivity contribution is 6.33. The van der Waals surface area contributed by atoms with Gasteiger partial charge in [0, 0.05) is 18.5 Å². The van der Waals surface area contributed by atoms with E-state index in [-0.39, 0.29) is 24.0 Å². The summed E-state index contributed by atoms with van der Waals surface area (Å²) in [5.74, 6) is 1.20. The van der Waals surface area contributed by atoms with Crippen LogP contribution < -0.4 is 5.32 Å². The molecule has 2 heterocycles. The summed E-state index contributed by atoms with van der Waals surface area (Å²) in [5, 5.41) is 13.1. The number of carbonyl (C=O) groups is 1. The van der Waals surface area contributed by atoms with Crippen LogP contribution in [0, 0.1) is 18.3 Å². The van der Waals surface area contributed by atoms with Gasteiger partial charge in [-0.15, -0.1) is 0 Å². The van der Waals surface area contributed by atoms with Crippen molar-refractivity contribution in [3.05, 3.63) is 40.7 Å². The van der Waals surface area contributed by atoms with E-state index in [1.165, 1.54) is 0 Å². The molecule has 6 nitrogen and oxygen atoms in total. The zero-order valence-corrected chi connectivity index (χ0v) is 17.2. The quantitative estimate of drug-likeness (QED) is 0.798. The van der Waals surface area contributed by atoms with E-state index in [1.807, 2.05) is 39.0 Å². The van der Waals surface area contributed by atoms with Crippen LogP contribution in [0.3, 0.4) is 0 Å². The molecule has 28 heavy (non-hydrogen) atoms. The van der Waals surface area contributed by atoms with Gasteiger partial charge in [0.1, 0.15) is 11.8 Å². The molecule has 0 bridgehead atoms. The van der Waals surface area contributed by atoms with Crippen molar-refractivity contribution >= 4 is 17.5 Å². The van der Waals surface area contributed by atoms with Crippen molar-refractivity contribution in [2.45, 2.75) is 51.6 Å². The highest BCUT2D eigenvalue weighted by atomic mass is 35.5. The Labute approximate surface area is 170 Å². The van der Waals surface area contributed by atoms with Crippen molar-refractivity contribution < 1.29 is 9.21 Å². The van der Waals surface area contributed by atoms with Crippen LogP contribution in [0.2, 0.25) is 5.02 Å². The molecule has 1 atom stereocenters. The lowest BCUT2D eigenvalue weighted by Gasteiger charge is -2.27. The van der Waals surface area contributed by atoms with Crippen molar-refractivity contribution in [1.82, 2.24) is 15.2 Å². The van der Waals surface area contributed by atoms with E-state index >= 15 is 0 Å². The van der Waals surface area contributed by atoms with Crippen molar-refractivity contribution in [1.29, 1.82) is 5.26 Å². The SMILES string of the molecule is Cc1oc(-c2ccccc2Cl)nc1CC(C)(C)NCC(=O)N1CCC[C@H]1C#N. The smallest absolute Gasteiger partial charge is 0.237 e. The summed E-state index contributed by atoms with van der Waals surface area (Å²) in [7, 11) is 0. The minimum absolute atomic E-state index is 0.0363. The number of aryl methyl sites for hydroxylation is 1. The first-order valence-electron chi connectivity index (χ1n) is 9.46. The Bertz CT molecular complexity index is 900. The van der Waals surface area contributed by atoms with Gasteiger partial charge in [0.25, 0.3) is 0 Å². The third-order valence-electron chi connectivity index (χ3n) is 5.05. The van der Waals surface area contributed by atoms with Crippen LogP contribution >= 0.6 is 11.6 Å². The Morgan fingerprint density at radius 1 is 1.46 bits per heavy atom. The van der Waals surface area contributed by atoms with Crippen LogP contribution in [0.4, 0.5) is 0 Å². The minimum Gasteiger partial charge on any atom is -0.441 e. The van der Waals surface area contributed by atoms with Gasteiger partial charge in [0.05, 0.1) is 28.9 Å². The number of hydrogen-bond donors (Lipinski definition) is 1. The first-order valence-corrected chi connectivity index (χ1v) is 9.84. The molecule has 1 amide bonds. The molecule has 1 N–H and O–H groups in total. The lowest BCUT2D eigenvalue weighted by atomic mass is 9.97. The maximum Gasteiger partial charge on any atom is 0.237 e. The molecule has 7 heteroatoms. The predicted octanol–water partition coefficient (Wildman–Crippen LogP) is 3.73. The number of likely N-dealkylation sites (tertiary alicyclic amines) is 1. The molecule has 1 fully saturated rings. The van der Waals surface area contributed by atoms with Gasteiger partial charge in [-0.25, -0.2) is 4.98 Å². The van der Waals surface area contributed by atoms with Gasteiger partial charge in [-0.05, 0) is 45.7 Å². The Morgan fingerprint density at radius 2 is 2.21 bits per heavy atom. The monoisotopic (exact) mass is 400 g/mol. The van der Waals surface area contributed by atoms with Crippen LogP contribution in [-0.4, -0.2) is 40.5 Å². The van der Waals surface area contributed by atoms with E-state index in [0.717, 1.165) is 29.9 Å². The van der Waals surface area contributed by atoms with Crippen LogP contribution in [0.25, 0.3) is 11.5 Å². The van der Waals surface area contributed by atoms with E-state index in [1.54, 1.807) is 11.0 Å². The van der Waals surface area contributed by atoms with Crippen LogP contribution in [0.15, 0.2) is 28.7 Å². The topological polar surface area (TPSA) is 82.2 Å². The van der Waals surface area contributed by atoms with Crippen LogP contribution in [-0.2, 0) is 11.2 Å². The zero-order chi connectivity index (χ0) is 20.3. The summed E-state index contributed by atoms with van der Waals surface area (Å²) >= 11 is 6.25. The molecule has 1 saturated heterocycles. The molecule has 148 valence electrons. The van der Waals surface area contributed by atoms with Gasteiger partial charge in [-0.3, -0.25) is 4.79 Å². The molecule has 0 saturated carbocycles. The number of nitrogens with one attached hydrogen (secondary N) is 1. The van der Waals surface area contributed by atoms with Crippen molar-refractivity contribution in [3.8, 4) is 17.5 Å². The number of aromatic nitrogens is 1. The van der Waals surface area contributed by atoms with Gasteiger partial charge in [0.2, 0.25) is 11.8 Å². The predicted molar refractivity (Wildman–Crippen MR) is 108 cm³/mol. The second-order valence-electron chi connectivity index (χ2n) is 7.79. The first-order chi connectivity index (χ1) is 13.3. The second kappa shape index (κ2) is 8.34. The van der Waals surface area contributed by atoms with Gasteiger partial charge < -0.3 is 14.6 Å². The number of rotatable bonds is 6. The highest BCUT2D eigenvalue weighted by Crippen LogP contribution is 2.29. The molecular weight excluding hydrogens is 376 g/mol. The maximum atomic E-state index is 12.5. The Balaban J connectivity index is 1.65. The standard InChI is InChI=1S/C21H25ClN4O2/c1-14-18(25-20(28-14)16-8-4-5-9-17(16)22)11-21(2,3)24-13-19(27)26-10-6-7-15(26)12-23/h4-5,8-9,15,24H,6-7,10-11,13H2,1-3H3/t15-/m0/s1. The lowest BCUT2D eigenvalue weighted by Crippen LogP contribution is -2.48. The summed E-state index contributed by atoms with van der Waals surface area (Å²) in [6.07, 6.45) is 2.24. The van der Waals surface area contributed by atoms with E-state index in [0.29, 0.717) is 23.9 Å². The fraction of sp³-hybridized carbons (Fsp3) is 0.476. The van der Waals surface area contributed by atoms with Crippen molar-refractivity contribution in [3.63, 3.8) is 0 Å². The van der Waals surface area contributed by atoms with Crippen molar-refractivity contribution in [2.75, 3.05) is 13.1 Å². The van der Waals surface area contributed by atoms with E-state index < -0.39 is 0 Å². The summed E-state index contributed by atoms with van der Waals surface area (Å²) in [5.41, 5.74) is 1.23. The molecule has 0 spiro atoms. The molecule has 3 rings (SSSR count). The number of nitriles is 1. The minimum atomic E-state index is -0.364. The number of oxazole rings is 1. The van der Waals surface area contributed by atoms with Gasteiger partial charge >= 0.3 is 0 Å². The third kappa shape index (κ3) is 4.54. The van der Waals surface area contributed by atoms with Gasteiger partial charge in [0.15, 0.2) is 0 Å². The summed E-state index contributed by atoms with van der Waals surface area (Å²) in [6.45, 7) is 6.78. The maximum absolute atomic E-state index is 12.5. The number of carbonyl (C=O) groups excluding carboxylic acids is 1. The number of nitrogens with zero attached hydrogens (tertiary/aromatic N) is 3. The molecule has 1 aromatic carbocycles. The van der Waals surface area contributed by atoms with Crippen molar-refractivity contribution in [2.24, 2.45) is 0 Å². The van der Waals surface area contributed by atoms with E-state index in [2.05, 4.69) is 16.4 Å². The number of hydrogen-bond acceptors (Lipinski definition) is 5. The number of amides is 1. The highest BCUT2D eigenvalue weighted by Gasteiger charge is 2.30. The third-order valence-corrected chi connectivity index (χ3v) is 5.38. The Hall–Kier alpha value is -2.36. The average Bonchev–Trinajstić information content (AvgIpc) is 3.27.